The van der Waals surface area contributed by atoms with Crippen molar-refractivity contribution in [2.75, 3.05) is 37.0 Å². The maximum atomic E-state index is 14.6. The minimum atomic E-state index is -4.78. The molecule has 3 N–H and O–H groups in total. The third-order valence-electron chi connectivity index (χ3n) is 10.9. The number of pyridine rings is 1. The Kier molecular flexibility index (Phi) is 6.48. The van der Waals surface area contributed by atoms with Crippen molar-refractivity contribution in [3.05, 3.63) is 18.5 Å². The Balaban J connectivity index is 1.11. The van der Waals surface area contributed by atoms with Gasteiger partial charge in [-0.3, -0.25) is 14.8 Å². The number of urea groups is 1. The van der Waals surface area contributed by atoms with Crippen LogP contribution in [-0.2, 0) is 4.74 Å². The van der Waals surface area contributed by atoms with Crippen molar-refractivity contribution in [3.8, 4) is 11.4 Å². The zero-order valence-corrected chi connectivity index (χ0v) is 25.2. The molecular weight excluding hydrogens is 615 g/mol. The highest BCUT2D eigenvalue weighted by molar-refractivity contribution is 5.96. The van der Waals surface area contributed by atoms with Crippen molar-refractivity contribution in [1.29, 1.82) is 0 Å². The van der Waals surface area contributed by atoms with Crippen molar-refractivity contribution in [2.24, 2.45) is 11.8 Å². The lowest BCUT2D eigenvalue weighted by molar-refractivity contribution is -0.277. The molecule has 2 amide bonds. The summed E-state index contributed by atoms with van der Waals surface area (Å²) >= 11 is 0. The molecule has 3 aromatic heterocycles. The van der Waals surface area contributed by atoms with Crippen LogP contribution in [0, 0.1) is 11.8 Å². The van der Waals surface area contributed by atoms with E-state index in [0.717, 1.165) is 24.6 Å². The number of nitrogens with one attached hydrogen (secondary N) is 2. The summed E-state index contributed by atoms with van der Waals surface area (Å²) in [5.41, 5.74) is -2.22. The van der Waals surface area contributed by atoms with Gasteiger partial charge in [0.2, 0.25) is 0 Å². The quantitative estimate of drug-likeness (QED) is 0.304. The van der Waals surface area contributed by atoms with Gasteiger partial charge in [0.15, 0.2) is 11.4 Å². The van der Waals surface area contributed by atoms with E-state index in [1.54, 1.807) is 24.1 Å². The summed E-state index contributed by atoms with van der Waals surface area (Å²) in [4.78, 5) is 21.5. The molecule has 5 aliphatic rings. The fourth-order valence-electron chi connectivity index (χ4n) is 7.63. The number of piperidine rings is 1. The standard InChI is InChI=1S/C30H35F5N8O3/c1-46-17-13-41(14-17)25-18-11-36-20(9-22(18)43(40-25)24(16-3-2-4-16)19-10-29(19,31)32)23-21(12-37-39-23)38-26(44)42-8-7-28(45,30(33,34)35)15-27(42)5-6-27/h9,11-12,16-17,19,24,45H,2-8,10,13-15H2,1H3,(H,37,39)(H,38,44)/t19?,24?,28-/m1/s1. The summed E-state index contributed by atoms with van der Waals surface area (Å²) in [6, 6.07) is 0.700. The van der Waals surface area contributed by atoms with E-state index in [9.17, 15) is 31.9 Å². The number of fused-ring (bicyclic) bond motifs is 1. The molecule has 5 heterocycles. The molecule has 0 radical (unpaired) electrons. The van der Waals surface area contributed by atoms with E-state index in [2.05, 4.69) is 20.5 Å². The van der Waals surface area contributed by atoms with Crippen molar-refractivity contribution < 1.29 is 36.6 Å². The average molecular weight is 651 g/mol. The van der Waals surface area contributed by atoms with Crippen LogP contribution in [0.3, 0.4) is 0 Å². The van der Waals surface area contributed by atoms with Gasteiger partial charge >= 0.3 is 12.2 Å². The second kappa shape index (κ2) is 9.99. The molecule has 2 aliphatic heterocycles. The normalized spacial score (nSPS) is 27.8. The van der Waals surface area contributed by atoms with Crippen LogP contribution in [0.25, 0.3) is 22.3 Å². The molecule has 3 aliphatic carbocycles. The Morgan fingerprint density at radius 1 is 1.20 bits per heavy atom. The minimum Gasteiger partial charge on any atom is -0.380 e. The van der Waals surface area contributed by atoms with Gasteiger partial charge in [0.05, 0.1) is 46.5 Å². The van der Waals surface area contributed by atoms with E-state index >= 15 is 0 Å². The van der Waals surface area contributed by atoms with Crippen LogP contribution in [-0.4, -0.2) is 97.1 Å². The van der Waals surface area contributed by atoms with Gasteiger partial charge in [-0.15, -0.1) is 0 Å². The van der Waals surface area contributed by atoms with Gasteiger partial charge < -0.3 is 25.0 Å². The van der Waals surface area contributed by atoms with Crippen LogP contribution in [0.1, 0.15) is 57.4 Å². The number of aromatic nitrogens is 5. The molecule has 2 saturated heterocycles. The average Bonchev–Trinajstić information content (AvgIpc) is 3.70. The van der Waals surface area contributed by atoms with Gasteiger partial charge in [-0.25, -0.2) is 13.6 Å². The molecule has 1 spiro atoms. The Morgan fingerprint density at radius 3 is 2.54 bits per heavy atom. The molecule has 3 aromatic rings. The van der Waals surface area contributed by atoms with E-state index in [1.165, 1.54) is 11.1 Å². The fourth-order valence-corrected chi connectivity index (χ4v) is 7.63. The highest BCUT2D eigenvalue weighted by atomic mass is 19.4. The number of hydrogen-bond donors (Lipinski definition) is 3. The lowest BCUT2D eigenvalue weighted by Gasteiger charge is -2.45. The molecular formula is C30H35F5N8O3. The topological polar surface area (TPSA) is 124 Å². The Hall–Kier alpha value is -3.53. The van der Waals surface area contributed by atoms with Crippen molar-refractivity contribution >= 4 is 28.4 Å². The number of methoxy groups -OCH3 is 1. The molecule has 0 bridgehead atoms. The lowest BCUT2D eigenvalue weighted by atomic mass is 9.77. The van der Waals surface area contributed by atoms with Gasteiger partial charge in [-0.05, 0) is 37.7 Å². The Morgan fingerprint density at radius 2 is 1.93 bits per heavy atom. The van der Waals surface area contributed by atoms with Gasteiger partial charge in [-0.2, -0.15) is 23.4 Å². The molecule has 3 atom stereocenters. The minimum absolute atomic E-state index is 0.0516. The van der Waals surface area contributed by atoms with Gasteiger partial charge in [0.25, 0.3) is 5.92 Å². The number of anilines is 2. The summed E-state index contributed by atoms with van der Waals surface area (Å²) in [6.07, 6.45) is 0.404. The molecule has 46 heavy (non-hydrogen) atoms. The number of halogens is 5. The third-order valence-corrected chi connectivity index (χ3v) is 10.9. The maximum Gasteiger partial charge on any atom is 0.417 e. The van der Waals surface area contributed by atoms with Crippen LogP contribution in [0.5, 0.6) is 0 Å². The number of ether oxygens (including phenoxy) is 1. The van der Waals surface area contributed by atoms with Crippen molar-refractivity contribution in [1.82, 2.24) is 29.9 Å². The second-order valence-corrected chi connectivity index (χ2v) is 13.8. The summed E-state index contributed by atoms with van der Waals surface area (Å²) in [5.74, 6) is -2.79. The lowest BCUT2D eigenvalue weighted by Crippen LogP contribution is -2.60. The predicted octanol–water partition coefficient (Wildman–Crippen LogP) is 5.11. The van der Waals surface area contributed by atoms with Crippen molar-refractivity contribution in [3.63, 3.8) is 0 Å². The number of aliphatic hydroxyl groups is 1. The van der Waals surface area contributed by atoms with Crippen LogP contribution in [0.4, 0.5) is 38.3 Å². The molecule has 248 valence electrons. The van der Waals surface area contributed by atoms with Crippen molar-refractivity contribution in [2.45, 2.75) is 86.8 Å². The summed E-state index contributed by atoms with van der Waals surface area (Å²) in [7, 11) is 1.65. The molecule has 16 heteroatoms. The smallest absolute Gasteiger partial charge is 0.380 e. The fraction of sp³-hybridized carbons (Fsp3) is 0.667. The first kappa shape index (κ1) is 29.8. The zero-order valence-electron chi connectivity index (χ0n) is 25.2. The van der Waals surface area contributed by atoms with E-state index in [1.807, 2.05) is 4.90 Å². The molecule has 11 nitrogen and oxygen atoms in total. The maximum absolute atomic E-state index is 14.6. The summed E-state index contributed by atoms with van der Waals surface area (Å²) < 4.78 is 77.1. The third kappa shape index (κ3) is 4.65. The van der Waals surface area contributed by atoms with E-state index in [-0.39, 0.29) is 30.7 Å². The number of amides is 2. The van der Waals surface area contributed by atoms with E-state index in [4.69, 9.17) is 9.84 Å². The van der Waals surface area contributed by atoms with Crippen LogP contribution in [0.15, 0.2) is 18.5 Å². The summed E-state index contributed by atoms with van der Waals surface area (Å²) in [5, 5.41) is 25.7. The van der Waals surface area contributed by atoms with Gasteiger partial charge in [0, 0.05) is 57.7 Å². The van der Waals surface area contributed by atoms with Crippen LogP contribution >= 0.6 is 0 Å². The second-order valence-electron chi connectivity index (χ2n) is 13.8. The predicted molar refractivity (Wildman–Crippen MR) is 155 cm³/mol. The molecule has 3 saturated carbocycles. The van der Waals surface area contributed by atoms with Crippen LogP contribution in [0.2, 0.25) is 0 Å². The first-order valence-corrected chi connectivity index (χ1v) is 15.8. The number of rotatable bonds is 7. The van der Waals surface area contributed by atoms with Gasteiger partial charge in [0.1, 0.15) is 5.69 Å². The van der Waals surface area contributed by atoms with E-state index < -0.39 is 54.1 Å². The molecule has 8 rings (SSSR count). The molecule has 0 aromatic carbocycles. The number of H-pyrrole nitrogens is 1. The number of carbonyl (C=O) groups is 1. The summed E-state index contributed by atoms with van der Waals surface area (Å²) in [6.45, 7) is 0.982. The zero-order chi connectivity index (χ0) is 32.2. The number of nitrogens with zero attached hydrogens (tertiary/aromatic N) is 6. The monoisotopic (exact) mass is 650 g/mol. The SMILES string of the molecule is COC1CN(c2nn(C(C3CCC3)C3CC3(F)F)c3cc(-c4[nH]ncc4NC(=O)N4CC[C@](O)(C(F)(F)F)CC45CC5)ncc23)C1. The van der Waals surface area contributed by atoms with Gasteiger partial charge in [-0.1, -0.05) is 6.42 Å². The number of aromatic amines is 1. The number of hydrogen-bond acceptors (Lipinski definition) is 7. The first-order valence-electron chi connectivity index (χ1n) is 15.8. The number of carbonyl (C=O) groups excluding carboxylic acids is 1. The number of alkyl halides is 5. The van der Waals surface area contributed by atoms with E-state index in [0.29, 0.717) is 48.7 Å². The van der Waals surface area contributed by atoms with Crippen LogP contribution < -0.4 is 10.2 Å². The highest BCUT2D eigenvalue weighted by Crippen LogP contribution is 2.60. The number of likely N-dealkylation sites (tertiary alicyclic amines) is 1. The molecule has 2 unspecified atom stereocenters. The Bertz CT molecular complexity index is 1680. The first-order chi connectivity index (χ1) is 21.8. The largest absolute Gasteiger partial charge is 0.417 e. The molecule has 5 fully saturated rings. The highest BCUT2D eigenvalue weighted by Gasteiger charge is 2.66. The Labute approximate surface area is 260 Å².